The predicted molar refractivity (Wildman–Crippen MR) is 55.8 cm³/mol. The summed E-state index contributed by atoms with van der Waals surface area (Å²) in [5, 5.41) is 3.60. The molecule has 0 saturated carbocycles. The Hall–Kier alpha value is -0.730. The van der Waals surface area contributed by atoms with Crippen molar-refractivity contribution in [2.24, 2.45) is 22.9 Å². The molecule has 4 nitrogen and oxygen atoms in total. The molecule has 0 bridgehead atoms. The van der Waals surface area contributed by atoms with E-state index in [1.807, 2.05) is 0 Å². The smallest absolute Gasteiger partial charge is 0.0663 e. The summed E-state index contributed by atoms with van der Waals surface area (Å²) in [4.78, 5) is 2.78. The molecule has 1 aliphatic heterocycles. The first-order valence-corrected chi connectivity index (χ1v) is 5.24. The van der Waals surface area contributed by atoms with Gasteiger partial charge in [-0.25, -0.2) is 0 Å². The Bertz CT molecular complexity index is 238. The minimum Gasteiger partial charge on any atom is -0.375 e. The Balaban J connectivity index is 2.64. The molecule has 14 heavy (non-hydrogen) atoms. The molecule has 1 fully saturated rings. The zero-order valence-electron chi connectivity index (χ0n) is 9.34. The van der Waals surface area contributed by atoms with Gasteiger partial charge < -0.3 is 4.74 Å². The van der Waals surface area contributed by atoms with Crippen molar-refractivity contribution in [3.8, 4) is 0 Å². The molecule has 0 aromatic heterocycles. The summed E-state index contributed by atoms with van der Waals surface area (Å²) in [5.74, 6) is 1.66. The molecule has 0 spiro atoms. The van der Waals surface area contributed by atoms with E-state index >= 15 is 0 Å². The minimum absolute atomic E-state index is 0.0899. The first-order valence-electron chi connectivity index (χ1n) is 5.24. The normalized spacial score (nSPS) is 43.0. The molecule has 0 radical (unpaired) electrons. The molecule has 1 rings (SSSR count). The van der Waals surface area contributed by atoms with Crippen LogP contribution in [0.2, 0.25) is 0 Å². The summed E-state index contributed by atoms with van der Waals surface area (Å²) >= 11 is 0. The van der Waals surface area contributed by atoms with Gasteiger partial charge in [0.25, 0.3) is 0 Å². The van der Waals surface area contributed by atoms with Crippen LogP contribution in [0.5, 0.6) is 0 Å². The largest absolute Gasteiger partial charge is 0.375 e. The Morgan fingerprint density at radius 2 is 1.79 bits per heavy atom. The monoisotopic (exact) mass is 197 g/mol. The van der Waals surface area contributed by atoms with Gasteiger partial charge in [-0.05, 0) is 30.2 Å². The number of nitrogens with zero attached hydrogens (tertiary/aromatic N) is 3. The Labute approximate surface area is 85.3 Å². The van der Waals surface area contributed by atoms with E-state index in [4.69, 9.17) is 10.3 Å². The molecule has 1 aliphatic rings. The SMILES string of the molecule is C[C@@H]1[C@@H](C)[C@H](C)O[C@H](CN=[N+]=[N-])[C@H]1C. The molecule has 4 heteroatoms. The third-order valence-electron chi connectivity index (χ3n) is 3.70. The molecule has 5 atom stereocenters. The van der Waals surface area contributed by atoms with Gasteiger partial charge in [-0.15, -0.1) is 0 Å². The third kappa shape index (κ3) is 2.20. The minimum atomic E-state index is 0.0899. The zero-order valence-corrected chi connectivity index (χ0v) is 9.34. The molecule has 0 aromatic carbocycles. The van der Waals surface area contributed by atoms with Crippen molar-refractivity contribution >= 4 is 0 Å². The van der Waals surface area contributed by atoms with E-state index in [1.165, 1.54) is 0 Å². The molecule has 80 valence electrons. The van der Waals surface area contributed by atoms with Crippen LogP contribution in [0.3, 0.4) is 0 Å². The summed E-state index contributed by atoms with van der Waals surface area (Å²) in [6.45, 7) is 9.19. The van der Waals surface area contributed by atoms with Crippen LogP contribution in [0.1, 0.15) is 27.7 Å². The van der Waals surface area contributed by atoms with Crippen LogP contribution in [-0.2, 0) is 4.74 Å². The number of ether oxygens (including phenoxy) is 1. The maximum atomic E-state index is 8.27. The van der Waals surface area contributed by atoms with Gasteiger partial charge in [0.05, 0.1) is 18.8 Å². The molecule has 1 heterocycles. The second-order valence-corrected chi connectivity index (χ2v) is 4.37. The molecule has 0 amide bonds. The van der Waals surface area contributed by atoms with Gasteiger partial charge in [0.1, 0.15) is 0 Å². The third-order valence-corrected chi connectivity index (χ3v) is 3.70. The molecule has 0 aliphatic carbocycles. The van der Waals surface area contributed by atoms with Crippen LogP contribution in [0, 0.1) is 17.8 Å². The van der Waals surface area contributed by atoms with E-state index in [2.05, 4.69) is 37.7 Å². The van der Waals surface area contributed by atoms with Crippen molar-refractivity contribution in [2.45, 2.75) is 39.9 Å². The highest BCUT2D eigenvalue weighted by molar-refractivity contribution is 4.85. The van der Waals surface area contributed by atoms with Gasteiger partial charge in [-0.1, -0.05) is 25.9 Å². The van der Waals surface area contributed by atoms with Crippen molar-refractivity contribution < 1.29 is 4.74 Å². The average molecular weight is 197 g/mol. The van der Waals surface area contributed by atoms with Gasteiger partial charge >= 0.3 is 0 Å². The maximum Gasteiger partial charge on any atom is 0.0663 e. The predicted octanol–water partition coefficient (Wildman–Crippen LogP) is 2.99. The first kappa shape index (κ1) is 11.3. The van der Waals surface area contributed by atoms with Gasteiger partial charge in [0.15, 0.2) is 0 Å². The van der Waals surface area contributed by atoms with E-state index in [-0.39, 0.29) is 12.2 Å². The Kier molecular flexibility index (Phi) is 3.78. The molecule has 1 saturated heterocycles. The quantitative estimate of drug-likeness (QED) is 0.381. The average Bonchev–Trinajstić information content (AvgIpc) is 2.18. The lowest BCUT2D eigenvalue weighted by Crippen LogP contribution is -2.44. The van der Waals surface area contributed by atoms with Crippen molar-refractivity contribution in [1.82, 2.24) is 0 Å². The lowest BCUT2D eigenvalue weighted by atomic mass is 9.77. The zero-order chi connectivity index (χ0) is 10.7. The number of rotatable bonds is 2. The second kappa shape index (κ2) is 4.67. The first-order chi connectivity index (χ1) is 6.57. The van der Waals surface area contributed by atoms with Crippen LogP contribution in [-0.4, -0.2) is 18.8 Å². The van der Waals surface area contributed by atoms with Crippen LogP contribution >= 0.6 is 0 Å². The highest BCUT2D eigenvalue weighted by atomic mass is 16.5. The topological polar surface area (TPSA) is 58.0 Å². The van der Waals surface area contributed by atoms with E-state index in [0.717, 1.165) is 0 Å². The highest BCUT2D eigenvalue weighted by Crippen LogP contribution is 2.34. The van der Waals surface area contributed by atoms with Gasteiger partial charge in [-0.3, -0.25) is 0 Å². The Morgan fingerprint density at radius 3 is 2.36 bits per heavy atom. The van der Waals surface area contributed by atoms with Gasteiger partial charge in [0.2, 0.25) is 0 Å². The summed E-state index contributed by atoms with van der Waals surface area (Å²) in [6.07, 6.45) is 0.354. The highest BCUT2D eigenvalue weighted by Gasteiger charge is 2.36. The number of hydrogen-bond donors (Lipinski definition) is 0. The van der Waals surface area contributed by atoms with Gasteiger partial charge in [0, 0.05) is 4.91 Å². The lowest BCUT2D eigenvalue weighted by Gasteiger charge is -2.42. The van der Waals surface area contributed by atoms with Crippen molar-refractivity contribution in [1.29, 1.82) is 0 Å². The standard InChI is InChI=1S/C10H19N3O/c1-6-7(2)9(4)14-10(8(6)3)5-12-13-11/h6-10H,5H2,1-4H3/t6-,7-,8+,9+,10-/m1/s1. The van der Waals surface area contributed by atoms with Gasteiger partial charge in [-0.2, -0.15) is 0 Å². The number of azide groups is 1. The fourth-order valence-electron chi connectivity index (χ4n) is 2.09. The molecule has 0 aromatic rings. The molecular weight excluding hydrogens is 178 g/mol. The van der Waals surface area contributed by atoms with Crippen molar-refractivity contribution in [3.63, 3.8) is 0 Å². The van der Waals surface area contributed by atoms with Crippen LogP contribution in [0.4, 0.5) is 0 Å². The van der Waals surface area contributed by atoms with Crippen LogP contribution < -0.4 is 0 Å². The van der Waals surface area contributed by atoms with E-state index in [9.17, 15) is 0 Å². The summed E-state index contributed by atoms with van der Waals surface area (Å²) in [6, 6.07) is 0. The number of hydrogen-bond acceptors (Lipinski definition) is 2. The molecular formula is C10H19N3O. The van der Waals surface area contributed by atoms with Crippen LogP contribution in [0.25, 0.3) is 10.4 Å². The van der Waals surface area contributed by atoms with Crippen molar-refractivity contribution in [3.05, 3.63) is 10.4 Å². The summed E-state index contributed by atoms with van der Waals surface area (Å²) in [5.41, 5.74) is 8.27. The van der Waals surface area contributed by atoms with E-state index < -0.39 is 0 Å². The van der Waals surface area contributed by atoms with E-state index in [1.54, 1.807) is 0 Å². The Morgan fingerprint density at radius 1 is 1.14 bits per heavy atom. The van der Waals surface area contributed by atoms with Crippen molar-refractivity contribution in [2.75, 3.05) is 6.54 Å². The van der Waals surface area contributed by atoms with E-state index in [0.29, 0.717) is 24.3 Å². The molecule has 0 N–H and O–H groups in total. The molecule has 0 unspecified atom stereocenters. The summed E-state index contributed by atoms with van der Waals surface area (Å²) in [7, 11) is 0. The second-order valence-electron chi connectivity index (χ2n) is 4.37. The van der Waals surface area contributed by atoms with Crippen LogP contribution in [0.15, 0.2) is 5.11 Å². The lowest BCUT2D eigenvalue weighted by molar-refractivity contribution is -0.119. The summed E-state index contributed by atoms with van der Waals surface area (Å²) < 4.78 is 5.82. The fourth-order valence-corrected chi connectivity index (χ4v) is 2.09. The maximum absolute atomic E-state index is 8.27. The fraction of sp³-hybridized carbons (Fsp3) is 1.00.